The van der Waals surface area contributed by atoms with Crippen LogP contribution in [-0.2, 0) is 0 Å². The molecule has 0 bridgehead atoms. The molecule has 42 heavy (non-hydrogen) atoms. The van der Waals surface area contributed by atoms with E-state index < -0.39 is 0 Å². The van der Waals surface area contributed by atoms with Gasteiger partial charge in [-0.25, -0.2) is 19.9 Å². The molecule has 0 saturated heterocycles. The van der Waals surface area contributed by atoms with E-state index in [9.17, 15) is 0 Å². The van der Waals surface area contributed by atoms with Gasteiger partial charge in [0.1, 0.15) is 0 Å². The van der Waals surface area contributed by atoms with Crippen molar-refractivity contribution in [2.75, 3.05) is 0 Å². The van der Waals surface area contributed by atoms with Crippen LogP contribution < -0.4 is 0 Å². The summed E-state index contributed by atoms with van der Waals surface area (Å²) in [5.41, 5.74) is 7.77. The lowest BCUT2D eigenvalue weighted by atomic mass is 9.95. The first kappa shape index (κ1) is 24.1. The predicted molar refractivity (Wildman–Crippen MR) is 172 cm³/mol. The normalized spacial score (nSPS) is 11.3. The van der Waals surface area contributed by atoms with Crippen LogP contribution in [0.4, 0.5) is 0 Å². The third-order valence-electron chi connectivity index (χ3n) is 7.71. The number of nitrogens with zero attached hydrogens (tertiary/aromatic N) is 4. The molecule has 0 aliphatic heterocycles. The monoisotopic (exact) mass is 536 g/mol. The summed E-state index contributed by atoms with van der Waals surface area (Å²) in [6, 6.07) is 49.7. The molecule has 0 aliphatic carbocycles. The van der Waals surface area contributed by atoms with Gasteiger partial charge in [-0.1, -0.05) is 127 Å². The van der Waals surface area contributed by atoms with Gasteiger partial charge < -0.3 is 0 Å². The van der Waals surface area contributed by atoms with E-state index in [2.05, 4.69) is 84.9 Å². The largest absolute Gasteiger partial charge is 0.228 e. The Kier molecular flexibility index (Phi) is 5.75. The zero-order valence-corrected chi connectivity index (χ0v) is 22.6. The van der Waals surface area contributed by atoms with E-state index in [4.69, 9.17) is 19.9 Å². The Bertz CT molecular complexity index is 2240. The van der Waals surface area contributed by atoms with Crippen LogP contribution in [0.3, 0.4) is 0 Å². The zero-order chi connectivity index (χ0) is 27.9. The fourth-order valence-electron chi connectivity index (χ4n) is 5.71. The minimum Gasteiger partial charge on any atom is -0.228 e. The number of hydrogen-bond donors (Lipinski definition) is 0. The predicted octanol–water partition coefficient (Wildman–Crippen LogP) is 9.39. The number of aromatic nitrogens is 4. The molecule has 196 valence electrons. The quantitative estimate of drug-likeness (QED) is 0.225. The summed E-state index contributed by atoms with van der Waals surface area (Å²) in [5.74, 6) is 1.41. The molecule has 2 heterocycles. The standard InChI is InChI=1S/C38H24N4/c1-3-13-25(14-4-1)35-31-19-9-11-21-33(31)40-38(41-35)30-24-23-29(27-17-7-8-18-28(27)30)36-32-20-10-12-22-34(32)39-37(42-36)26-15-5-2-6-16-26/h1-24H. The third-order valence-corrected chi connectivity index (χ3v) is 7.71. The van der Waals surface area contributed by atoms with E-state index in [0.29, 0.717) is 11.6 Å². The molecule has 2 aromatic heterocycles. The average molecular weight is 537 g/mol. The maximum atomic E-state index is 5.16. The lowest BCUT2D eigenvalue weighted by Crippen LogP contribution is -1.98. The van der Waals surface area contributed by atoms with E-state index in [1.165, 1.54) is 0 Å². The van der Waals surface area contributed by atoms with E-state index in [1.54, 1.807) is 0 Å². The number of benzene rings is 6. The lowest BCUT2D eigenvalue weighted by molar-refractivity contribution is 1.23. The summed E-state index contributed by atoms with van der Waals surface area (Å²) in [7, 11) is 0. The summed E-state index contributed by atoms with van der Waals surface area (Å²) in [6.07, 6.45) is 0. The maximum absolute atomic E-state index is 5.16. The molecular formula is C38H24N4. The molecule has 0 fully saturated rings. The van der Waals surface area contributed by atoms with Crippen molar-refractivity contribution in [1.29, 1.82) is 0 Å². The molecule has 8 aromatic rings. The molecule has 0 amide bonds. The Morgan fingerprint density at radius 3 is 1.40 bits per heavy atom. The molecule has 0 unspecified atom stereocenters. The van der Waals surface area contributed by atoms with Crippen LogP contribution in [0.5, 0.6) is 0 Å². The van der Waals surface area contributed by atoms with Gasteiger partial charge in [0.15, 0.2) is 11.6 Å². The molecular weight excluding hydrogens is 512 g/mol. The van der Waals surface area contributed by atoms with Gasteiger partial charge in [-0.2, -0.15) is 0 Å². The number of hydrogen-bond acceptors (Lipinski definition) is 4. The smallest absolute Gasteiger partial charge is 0.161 e. The molecule has 4 nitrogen and oxygen atoms in total. The van der Waals surface area contributed by atoms with Crippen LogP contribution in [0.25, 0.3) is 77.9 Å². The first-order valence-electron chi connectivity index (χ1n) is 14.0. The second-order valence-electron chi connectivity index (χ2n) is 10.3. The van der Waals surface area contributed by atoms with Crippen molar-refractivity contribution in [2.45, 2.75) is 0 Å². The van der Waals surface area contributed by atoms with E-state index >= 15 is 0 Å². The van der Waals surface area contributed by atoms with Crippen LogP contribution in [0.15, 0.2) is 146 Å². The highest BCUT2D eigenvalue weighted by atomic mass is 14.9. The summed E-state index contributed by atoms with van der Waals surface area (Å²) in [5, 5.41) is 4.22. The SMILES string of the molecule is c1ccc(-c2nc(-c3ccc(-c4nc(-c5ccccc5)c5ccccc5n4)c4ccccc34)c3ccccc3n2)cc1. The molecule has 6 aromatic carbocycles. The molecule has 0 aliphatic rings. The Hall–Kier alpha value is -5.74. The highest BCUT2D eigenvalue weighted by Crippen LogP contribution is 2.38. The minimum absolute atomic E-state index is 0.702. The first-order valence-corrected chi connectivity index (χ1v) is 14.0. The molecule has 0 N–H and O–H groups in total. The molecule has 0 atom stereocenters. The first-order chi connectivity index (χ1) is 20.8. The van der Waals surface area contributed by atoms with Crippen LogP contribution in [-0.4, -0.2) is 19.9 Å². The van der Waals surface area contributed by atoms with Crippen molar-refractivity contribution >= 4 is 32.6 Å². The van der Waals surface area contributed by atoms with Gasteiger partial charge in [0.25, 0.3) is 0 Å². The number of rotatable bonds is 4. The summed E-state index contributed by atoms with van der Waals surface area (Å²) >= 11 is 0. The van der Waals surface area contributed by atoms with E-state index in [1.807, 2.05) is 60.7 Å². The summed E-state index contributed by atoms with van der Waals surface area (Å²) in [6.45, 7) is 0. The van der Waals surface area contributed by atoms with Crippen molar-refractivity contribution in [3.05, 3.63) is 146 Å². The van der Waals surface area contributed by atoms with Gasteiger partial charge >= 0.3 is 0 Å². The summed E-state index contributed by atoms with van der Waals surface area (Å²) < 4.78 is 0. The van der Waals surface area contributed by atoms with Crippen molar-refractivity contribution in [2.24, 2.45) is 0 Å². The van der Waals surface area contributed by atoms with Gasteiger partial charge in [0.05, 0.1) is 22.4 Å². The Morgan fingerprint density at radius 2 is 0.738 bits per heavy atom. The van der Waals surface area contributed by atoms with Gasteiger partial charge in [-0.15, -0.1) is 0 Å². The highest BCUT2D eigenvalue weighted by molar-refractivity contribution is 6.08. The number of fused-ring (bicyclic) bond motifs is 3. The topological polar surface area (TPSA) is 51.6 Å². The molecule has 8 rings (SSSR count). The van der Waals surface area contributed by atoms with Gasteiger partial charge in [-0.05, 0) is 29.0 Å². The highest BCUT2D eigenvalue weighted by Gasteiger charge is 2.18. The fraction of sp³-hybridized carbons (Fsp3) is 0. The van der Waals surface area contributed by atoms with E-state index in [0.717, 1.165) is 66.2 Å². The van der Waals surface area contributed by atoms with Crippen LogP contribution in [0.2, 0.25) is 0 Å². The Labute approximate surface area is 243 Å². The Balaban J connectivity index is 1.38. The maximum Gasteiger partial charge on any atom is 0.161 e. The van der Waals surface area contributed by atoms with Crippen molar-refractivity contribution in [3.8, 4) is 45.3 Å². The van der Waals surface area contributed by atoms with Crippen LogP contribution >= 0.6 is 0 Å². The second kappa shape index (κ2) is 10.0. The van der Waals surface area contributed by atoms with Crippen molar-refractivity contribution in [3.63, 3.8) is 0 Å². The van der Waals surface area contributed by atoms with Crippen molar-refractivity contribution < 1.29 is 0 Å². The lowest BCUT2D eigenvalue weighted by Gasteiger charge is -2.15. The summed E-state index contributed by atoms with van der Waals surface area (Å²) in [4.78, 5) is 20.3. The van der Waals surface area contributed by atoms with Gasteiger partial charge in [0.2, 0.25) is 0 Å². The molecule has 4 heteroatoms. The zero-order valence-electron chi connectivity index (χ0n) is 22.6. The van der Waals surface area contributed by atoms with Gasteiger partial charge in [-0.3, -0.25) is 0 Å². The van der Waals surface area contributed by atoms with E-state index in [-0.39, 0.29) is 0 Å². The second-order valence-corrected chi connectivity index (χ2v) is 10.3. The molecule has 0 spiro atoms. The minimum atomic E-state index is 0.702. The van der Waals surface area contributed by atoms with Crippen LogP contribution in [0, 0.1) is 0 Å². The average Bonchev–Trinajstić information content (AvgIpc) is 3.07. The van der Waals surface area contributed by atoms with Crippen LogP contribution in [0.1, 0.15) is 0 Å². The molecule has 0 saturated carbocycles. The molecule has 0 radical (unpaired) electrons. The number of para-hydroxylation sites is 2. The third kappa shape index (κ3) is 4.09. The van der Waals surface area contributed by atoms with Crippen molar-refractivity contribution in [1.82, 2.24) is 19.9 Å². The van der Waals surface area contributed by atoms with Gasteiger partial charge in [0, 0.05) is 33.0 Å². The fourth-order valence-corrected chi connectivity index (χ4v) is 5.71. The Morgan fingerprint density at radius 1 is 0.286 bits per heavy atom.